The highest BCUT2D eigenvalue weighted by molar-refractivity contribution is 9.10. The Morgan fingerprint density at radius 3 is 2.78 bits per heavy atom. The quantitative estimate of drug-likeness (QED) is 0.181. The maximum absolute atomic E-state index is 12.7. The number of benzene rings is 3. The molecule has 0 unspecified atom stereocenters. The van der Waals surface area contributed by atoms with Gasteiger partial charge in [0.25, 0.3) is 5.91 Å². The van der Waals surface area contributed by atoms with Gasteiger partial charge in [0.2, 0.25) is 6.79 Å². The van der Waals surface area contributed by atoms with E-state index in [0.29, 0.717) is 51.0 Å². The van der Waals surface area contributed by atoms with Crippen molar-refractivity contribution in [3.05, 3.63) is 98.5 Å². The fourth-order valence-corrected chi connectivity index (χ4v) is 4.41. The zero-order valence-corrected chi connectivity index (χ0v) is 21.8. The first-order chi connectivity index (χ1) is 17.4. The molecule has 0 saturated heterocycles. The Bertz CT molecular complexity index is 1410. The van der Waals surface area contributed by atoms with Crippen LogP contribution in [0.2, 0.25) is 5.02 Å². The lowest BCUT2D eigenvalue weighted by molar-refractivity contribution is -0.112. The summed E-state index contributed by atoms with van der Waals surface area (Å²) in [6.07, 6.45) is 3.83. The molecule has 8 heteroatoms. The predicted octanol–water partition coefficient (Wildman–Crippen LogP) is 6.99. The van der Waals surface area contributed by atoms with Gasteiger partial charge in [0, 0.05) is 10.7 Å². The van der Waals surface area contributed by atoms with Crippen LogP contribution in [-0.4, -0.2) is 12.7 Å². The average molecular weight is 566 g/mol. The number of carbonyl (C=O) groups excluding carboxylic acids is 1. The summed E-state index contributed by atoms with van der Waals surface area (Å²) in [7, 11) is 0. The zero-order chi connectivity index (χ0) is 25.7. The number of halogens is 2. The van der Waals surface area contributed by atoms with E-state index in [2.05, 4.69) is 27.8 Å². The Morgan fingerprint density at radius 1 is 1.22 bits per heavy atom. The molecule has 0 saturated carbocycles. The Balaban J connectivity index is 1.55. The van der Waals surface area contributed by atoms with Gasteiger partial charge in [-0.15, -0.1) is 6.58 Å². The van der Waals surface area contributed by atoms with Gasteiger partial charge in [-0.1, -0.05) is 29.8 Å². The van der Waals surface area contributed by atoms with Gasteiger partial charge < -0.3 is 19.5 Å². The number of rotatable bonds is 8. The van der Waals surface area contributed by atoms with E-state index in [0.717, 1.165) is 16.7 Å². The summed E-state index contributed by atoms with van der Waals surface area (Å²) in [5.74, 6) is 1.53. The zero-order valence-electron chi connectivity index (χ0n) is 19.4. The molecule has 3 aromatic carbocycles. The third kappa shape index (κ3) is 5.91. The van der Waals surface area contributed by atoms with Crippen LogP contribution in [0.1, 0.15) is 22.3 Å². The fraction of sp³-hybridized carbons (Fsp3) is 0.143. The third-order valence-electron chi connectivity index (χ3n) is 5.43. The molecule has 1 aliphatic rings. The molecule has 0 aliphatic carbocycles. The number of aryl methyl sites for hydroxylation is 1. The first-order valence-electron chi connectivity index (χ1n) is 11.0. The largest absolute Gasteiger partial charge is 0.487 e. The van der Waals surface area contributed by atoms with Crippen LogP contribution in [0.25, 0.3) is 6.08 Å². The van der Waals surface area contributed by atoms with Gasteiger partial charge in [0.1, 0.15) is 24.0 Å². The Labute approximate surface area is 222 Å². The highest BCUT2D eigenvalue weighted by Gasteiger charge is 2.16. The molecule has 36 heavy (non-hydrogen) atoms. The van der Waals surface area contributed by atoms with Gasteiger partial charge in [-0.2, -0.15) is 5.26 Å². The van der Waals surface area contributed by atoms with Crippen molar-refractivity contribution in [3.8, 4) is 23.3 Å². The summed E-state index contributed by atoms with van der Waals surface area (Å²) >= 11 is 9.72. The van der Waals surface area contributed by atoms with Crippen molar-refractivity contribution >= 4 is 45.2 Å². The second-order valence-electron chi connectivity index (χ2n) is 8.05. The first-order valence-corrected chi connectivity index (χ1v) is 12.2. The first kappa shape index (κ1) is 25.4. The maximum atomic E-state index is 12.7. The number of nitrogens with one attached hydrogen (secondary N) is 1. The van der Waals surface area contributed by atoms with Crippen molar-refractivity contribution in [2.45, 2.75) is 20.0 Å². The minimum atomic E-state index is -0.526. The van der Waals surface area contributed by atoms with Crippen LogP contribution in [0.3, 0.4) is 0 Å². The molecule has 4 rings (SSSR count). The van der Waals surface area contributed by atoms with Crippen LogP contribution in [0.15, 0.2) is 71.2 Å². The lowest BCUT2D eigenvalue weighted by Gasteiger charge is -2.14. The van der Waals surface area contributed by atoms with Crippen molar-refractivity contribution in [3.63, 3.8) is 0 Å². The Hall–Kier alpha value is -3.73. The molecular formula is C28H22BrClN2O4. The molecule has 0 spiro atoms. The standard InChI is InChI=1S/C28H22BrClN2O4/c1-3-4-20-9-19(10-21(14-31)28(33)32-22-7-5-17(2)24(30)13-22)11-23(29)27(20)34-15-18-6-8-25-26(12-18)36-16-35-25/h3,5-13H,1,4,15-16H2,2H3,(H,32,33)/b21-10-. The minimum Gasteiger partial charge on any atom is -0.487 e. The maximum Gasteiger partial charge on any atom is 0.266 e. The number of nitrogens with zero attached hydrogens (tertiary/aromatic N) is 1. The van der Waals surface area contributed by atoms with E-state index >= 15 is 0 Å². The smallest absolute Gasteiger partial charge is 0.266 e. The second kappa shape index (κ2) is 11.3. The van der Waals surface area contributed by atoms with E-state index in [9.17, 15) is 10.1 Å². The van der Waals surface area contributed by atoms with Crippen LogP contribution < -0.4 is 19.5 Å². The molecule has 0 radical (unpaired) electrons. The lowest BCUT2D eigenvalue weighted by Crippen LogP contribution is -2.13. The third-order valence-corrected chi connectivity index (χ3v) is 6.43. The van der Waals surface area contributed by atoms with Crippen LogP contribution in [0, 0.1) is 18.3 Å². The molecule has 182 valence electrons. The van der Waals surface area contributed by atoms with Crippen molar-refractivity contribution in [1.82, 2.24) is 0 Å². The average Bonchev–Trinajstić information content (AvgIpc) is 3.32. The number of hydrogen-bond donors (Lipinski definition) is 1. The molecular weight excluding hydrogens is 544 g/mol. The van der Waals surface area contributed by atoms with E-state index in [1.807, 2.05) is 37.3 Å². The molecule has 0 bridgehead atoms. The molecule has 1 aliphatic heterocycles. The van der Waals surface area contributed by atoms with Gasteiger partial charge in [-0.25, -0.2) is 0 Å². The van der Waals surface area contributed by atoms with E-state index in [1.165, 1.54) is 6.08 Å². The van der Waals surface area contributed by atoms with Crippen LogP contribution in [0.4, 0.5) is 5.69 Å². The van der Waals surface area contributed by atoms with Crippen LogP contribution >= 0.6 is 27.5 Å². The van der Waals surface area contributed by atoms with Crippen molar-refractivity contribution in [1.29, 1.82) is 5.26 Å². The predicted molar refractivity (Wildman–Crippen MR) is 143 cm³/mol. The van der Waals surface area contributed by atoms with Gasteiger partial charge >= 0.3 is 0 Å². The van der Waals surface area contributed by atoms with Crippen molar-refractivity contribution in [2.24, 2.45) is 0 Å². The molecule has 1 amide bonds. The summed E-state index contributed by atoms with van der Waals surface area (Å²) in [4.78, 5) is 12.7. The van der Waals surface area contributed by atoms with E-state index in [4.69, 9.17) is 25.8 Å². The summed E-state index contributed by atoms with van der Waals surface area (Å²) in [6.45, 7) is 6.24. The lowest BCUT2D eigenvalue weighted by atomic mass is 10.0. The van der Waals surface area contributed by atoms with Gasteiger partial charge in [0.05, 0.1) is 4.47 Å². The number of hydrogen-bond acceptors (Lipinski definition) is 5. The summed E-state index contributed by atoms with van der Waals surface area (Å²) in [6, 6.07) is 16.5. The fourth-order valence-electron chi connectivity index (χ4n) is 3.60. The highest BCUT2D eigenvalue weighted by atomic mass is 79.9. The molecule has 1 N–H and O–H groups in total. The SMILES string of the molecule is C=CCc1cc(/C=C(/C#N)C(=O)Nc2ccc(C)c(Cl)c2)cc(Br)c1OCc1ccc2c(c1)OCO2. The number of carbonyl (C=O) groups is 1. The van der Waals surface area contributed by atoms with E-state index in [1.54, 1.807) is 30.3 Å². The number of allylic oxidation sites excluding steroid dienone is 1. The number of nitriles is 1. The number of anilines is 1. The molecule has 0 atom stereocenters. The van der Waals surface area contributed by atoms with Crippen molar-refractivity contribution < 1.29 is 19.0 Å². The minimum absolute atomic E-state index is 0.0443. The Morgan fingerprint density at radius 2 is 2.03 bits per heavy atom. The number of amides is 1. The van der Waals surface area contributed by atoms with Gasteiger partial charge in [-0.05, 0) is 94.0 Å². The van der Waals surface area contributed by atoms with Gasteiger partial charge in [-0.3, -0.25) is 4.79 Å². The highest BCUT2D eigenvalue weighted by Crippen LogP contribution is 2.35. The number of ether oxygens (including phenoxy) is 3. The molecule has 3 aromatic rings. The molecule has 0 aromatic heterocycles. The summed E-state index contributed by atoms with van der Waals surface area (Å²) in [5.41, 5.74) is 3.82. The van der Waals surface area contributed by atoms with Crippen molar-refractivity contribution in [2.75, 3.05) is 12.1 Å². The normalized spacial score (nSPS) is 12.1. The molecule has 0 fully saturated rings. The molecule has 1 heterocycles. The topological polar surface area (TPSA) is 80.6 Å². The van der Waals surface area contributed by atoms with Crippen LogP contribution in [-0.2, 0) is 17.8 Å². The van der Waals surface area contributed by atoms with Crippen LogP contribution in [0.5, 0.6) is 17.2 Å². The molecule has 6 nitrogen and oxygen atoms in total. The Kier molecular flexibility index (Phi) is 7.99. The van der Waals surface area contributed by atoms with Gasteiger partial charge in [0.15, 0.2) is 11.5 Å². The number of fused-ring (bicyclic) bond motifs is 1. The second-order valence-corrected chi connectivity index (χ2v) is 9.31. The van der Waals surface area contributed by atoms with E-state index in [-0.39, 0.29) is 12.4 Å². The van der Waals surface area contributed by atoms with E-state index < -0.39 is 5.91 Å². The summed E-state index contributed by atoms with van der Waals surface area (Å²) in [5, 5.41) is 12.9. The monoisotopic (exact) mass is 564 g/mol. The summed E-state index contributed by atoms with van der Waals surface area (Å²) < 4.78 is 17.6.